The summed E-state index contributed by atoms with van der Waals surface area (Å²) in [5, 5.41) is 9.79. The molecule has 0 fully saturated rings. The topological polar surface area (TPSA) is 46.5 Å². The number of ether oxygens (including phenoxy) is 1. The number of aryl methyl sites for hydroxylation is 1. The first-order valence-electron chi connectivity index (χ1n) is 5.55. The first-order chi connectivity index (χ1) is 7.72. The van der Waals surface area contributed by atoms with Crippen LogP contribution >= 0.6 is 0 Å². The summed E-state index contributed by atoms with van der Waals surface area (Å²) in [6.45, 7) is 0. The number of hydrogen-bond acceptors (Lipinski definition) is 3. The highest BCUT2D eigenvalue weighted by molar-refractivity contribution is 5.74. The van der Waals surface area contributed by atoms with Gasteiger partial charge in [0.25, 0.3) is 0 Å². The van der Waals surface area contributed by atoms with Crippen LogP contribution in [0.15, 0.2) is 24.3 Å². The number of aliphatic hydroxyl groups excluding tert-OH is 1. The lowest BCUT2D eigenvalue weighted by molar-refractivity contribution is -0.153. The van der Waals surface area contributed by atoms with Crippen molar-refractivity contribution in [3.05, 3.63) is 35.4 Å². The van der Waals surface area contributed by atoms with E-state index in [0.717, 1.165) is 19.3 Å². The molecule has 0 saturated carbocycles. The Balaban J connectivity index is 2.10. The average molecular weight is 220 g/mol. The highest BCUT2D eigenvalue weighted by Crippen LogP contribution is 2.27. The molecule has 1 aromatic rings. The van der Waals surface area contributed by atoms with Crippen LogP contribution in [0.3, 0.4) is 0 Å². The van der Waals surface area contributed by atoms with Gasteiger partial charge in [-0.05, 0) is 36.3 Å². The van der Waals surface area contributed by atoms with E-state index in [0.29, 0.717) is 0 Å². The molecule has 1 aliphatic carbocycles. The average Bonchev–Trinajstić information content (AvgIpc) is 2.36. The largest absolute Gasteiger partial charge is 0.467 e. The molecule has 2 unspecified atom stereocenters. The Morgan fingerprint density at radius 3 is 2.81 bits per heavy atom. The Bertz CT molecular complexity index is 387. The molecule has 0 bridgehead atoms. The van der Waals surface area contributed by atoms with Crippen LogP contribution in [0.1, 0.15) is 17.5 Å². The number of carbonyl (C=O) groups is 1. The summed E-state index contributed by atoms with van der Waals surface area (Å²) in [6, 6.07) is 8.18. The number of hydrogen-bond donors (Lipinski definition) is 1. The van der Waals surface area contributed by atoms with Gasteiger partial charge in [0.05, 0.1) is 7.11 Å². The van der Waals surface area contributed by atoms with E-state index in [1.807, 2.05) is 12.1 Å². The third kappa shape index (κ3) is 2.09. The molecule has 1 aliphatic rings. The fourth-order valence-corrected chi connectivity index (χ4v) is 2.31. The minimum Gasteiger partial charge on any atom is -0.467 e. The molecular formula is C13H16O3. The lowest BCUT2D eigenvalue weighted by Crippen LogP contribution is -2.34. The Labute approximate surface area is 95.0 Å². The third-order valence-electron chi connectivity index (χ3n) is 3.27. The molecule has 0 radical (unpaired) electrons. The Hall–Kier alpha value is -1.35. The van der Waals surface area contributed by atoms with Crippen molar-refractivity contribution < 1.29 is 14.6 Å². The maximum atomic E-state index is 11.3. The SMILES string of the molecule is COC(=O)C(O)C1CCc2ccccc2C1. The van der Waals surface area contributed by atoms with E-state index in [2.05, 4.69) is 16.9 Å². The van der Waals surface area contributed by atoms with Gasteiger partial charge in [-0.3, -0.25) is 0 Å². The molecular weight excluding hydrogens is 204 g/mol. The molecule has 1 aromatic carbocycles. The molecule has 3 heteroatoms. The minimum atomic E-state index is -0.988. The molecule has 16 heavy (non-hydrogen) atoms. The summed E-state index contributed by atoms with van der Waals surface area (Å²) in [5.41, 5.74) is 2.57. The second-order valence-corrected chi connectivity index (χ2v) is 4.24. The van der Waals surface area contributed by atoms with E-state index in [1.165, 1.54) is 18.2 Å². The van der Waals surface area contributed by atoms with Gasteiger partial charge in [-0.2, -0.15) is 0 Å². The van der Waals surface area contributed by atoms with E-state index in [1.54, 1.807) is 0 Å². The molecule has 0 aliphatic heterocycles. The maximum absolute atomic E-state index is 11.3. The van der Waals surface area contributed by atoms with Crippen LogP contribution in [0.2, 0.25) is 0 Å². The Kier molecular flexibility index (Phi) is 3.25. The normalized spacial score (nSPS) is 21.0. The van der Waals surface area contributed by atoms with Crippen LogP contribution in [-0.4, -0.2) is 24.3 Å². The van der Waals surface area contributed by atoms with Crippen LogP contribution in [0.5, 0.6) is 0 Å². The molecule has 0 heterocycles. The van der Waals surface area contributed by atoms with E-state index in [9.17, 15) is 9.90 Å². The van der Waals surface area contributed by atoms with Gasteiger partial charge in [-0.25, -0.2) is 4.79 Å². The van der Waals surface area contributed by atoms with Gasteiger partial charge >= 0.3 is 5.97 Å². The third-order valence-corrected chi connectivity index (χ3v) is 3.27. The van der Waals surface area contributed by atoms with Gasteiger partial charge in [0.1, 0.15) is 0 Å². The van der Waals surface area contributed by atoms with Gasteiger partial charge in [-0.1, -0.05) is 24.3 Å². The molecule has 0 saturated heterocycles. The van der Waals surface area contributed by atoms with Crippen LogP contribution in [0, 0.1) is 5.92 Å². The zero-order valence-electron chi connectivity index (χ0n) is 9.35. The fourth-order valence-electron chi connectivity index (χ4n) is 2.31. The number of fused-ring (bicyclic) bond motifs is 1. The fraction of sp³-hybridized carbons (Fsp3) is 0.462. The van der Waals surface area contributed by atoms with Crippen LogP contribution in [0.4, 0.5) is 0 Å². The number of carbonyl (C=O) groups excluding carboxylic acids is 1. The van der Waals surface area contributed by atoms with Crippen molar-refractivity contribution in [2.45, 2.75) is 25.4 Å². The molecule has 86 valence electrons. The summed E-state index contributed by atoms with van der Waals surface area (Å²) >= 11 is 0. The van der Waals surface area contributed by atoms with E-state index in [4.69, 9.17) is 0 Å². The van der Waals surface area contributed by atoms with Gasteiger partial charge in [0, 0.05) is 0 Å². The van der Waals surface area contributed by atoms with Crippen molar-refractivity contribution in [2.75, 3.05) is 7.11 Å². The second-order valence-electron chi connectivity index (χ2n) is 4.24. The number of aliphatic hydroxyl groups is 1. The van der Waals surface area contributed by atoms with Gasteiger partial charge in [0.15, 0.2) is 6.10 Å². The van der Waals surface area contributed by atoms with Crippen molar-refractivity contribution in [1.82, 2.24) is 0 Å². The minimum absolute atomic E-state index is 0.0117. The molecule has 2 rings (SSSR count). The first-order valence-corrected chi connectivity index (χ1v) is 5.55. The van der Waals surface area contributed by atoms with Crippen LogP contribution in [-0.2, 0) is 22.4 Å². The summed E-state index contributed by atoms with van der Waals surface area (Å²) in [5.74, 6) is -0.535. The zero-order valence-corrected chi connectivity index (χ0v) is 9.35. The predicted molar refractivity (Wildman–Crippen MR) is 60.0 cm³/mol. The Morgan fingerprint density at radius 2 is 2.12 bits per heavy atom. The molecule has 3 nitrogen and oxygen atoms in total. The zero-order chi connectivity index (χ0) is 11.5. The monoisotopic (exact) mass is 220 g/mol. The van der Waals surface area contributed by atoms with Crippen LogP contribution < -0.4 is 0 Å². The lowest BCUT2D eigenvalue weighted by atomic mass is 9.81. The number of rotatable bonds is 2. The van der Waals surface area contributed by atoms with Gasteiger partial charge < -0.3 is 9.84 Å². The van der Waals surface area contributed by atoms with Gasteiger partial charge in [-0.15, -0.1) is 0 Å². The predicted octanol–water partition coefficient (Wildman–Crippen LogP) is 1.33. The molecule has 0 amide bonds. The highest BCUT2D eigenvalue weighted by atomic mass is 16.5. The maximum Gasteiger partial charge on any atom is 0.334 e. The van der Waals surface area contributed by atoms with E-state index >= 15 is 0 Å². The molecule has 0 aromatic heterocycles. The quantitative estimate of drug-likeness (QED) is 0.765. The molecule has 0 spiro atoms. The number of methoxy groups -OCH3 is 1. The summed E-state index contributed by atoms with van der Waals surface area (Å²) in [7, 11) is 1.31. The van der Waals surface area contributed by atoms with Crippen LogP contribution in [0.25, 0.3) is 0 Å². The molecule has 2 atom stereocenters. The summed E-state index contributed by atoms with van der Waals surface area (Å²) in [6.07, 6.45) is 1.53. The lowest BCUT2D eigenvalue weighted by Gasteiger charge is -2.26. The summed E-state index contributed by atoms with van der Waals surface area (Å²) < 4.78 is 4.56. The van der Waals surface area contributed by atoms with Crippen molar-refractivity contribution in [2.24, 2.45) is 5.92 Å². The van der Waals surface area contributed by atoms with Crippen molar-refractivity contribution in [1.29, 1.82) is 0 Å². The van der Waals surface area contributed by atoms with E-state index in [-0.39, 0.29) is 5.92 Å². The van der Waals surface area contributed by atoms with Gasteiger partial charge in [0.2, 0.25) is 0 Å². The summed E-state index contributed by atoms with van der Waals surface area (Å²) in [4.78, 5) is 11.3. The number of esters is 1. The standard InChI is InChI=1S/C13H16O3/c1-16-13(15)12(14)11-7-6-9-4-2-3-5-10(9)8-11/h2-5,11-12,14H,6-8H2,1H3. The van der Waals surface area contributed by atoms with Crippen molar-refractivity contribution >= 4 is 5.97 Å². The van der Waals surface area contributed by atoms with E-state index < -0.39 is 12.1 Å². The first kappa shape index (κ1) is 11.1. The second kappa shape index (κ2) is 4.66. The molecule has 1 N–H and O–H groups in total. The Morgan fingerprint density at radius 1 is 1.44 bits per heavy atom. The smallest absolute Gasteiger partial charge is 0.334 e. The highest BCUT2D eigenvalue weighted by Gasteiger charge is 2.29. The number of benzene rings is 1. The van der Waals surface area contributed by atoms with Crippen molar-refractivity contribution in [3.63, 3.8) is 0 Å². The van der Waals surface area contributed by atoms with Crippen molar-refractivity contribution in [3.8, 4) is 0 Å².